The maximum absolute atomic E-state index is 9.08. The third-order valence-electron chi connectivity index (χ3n) is 2.46. The van der Waals surface area contributed by atoms with Crippen molar-refractivity contribution in [2.75, 3.05) is 31.2 Å². The van der Waals surface area contributed by atoms with E-state index in [-0.39, 0.29) is 26.2 Å². The summed E-state index contributed by atoms with van der Waals surface area (Å²) in [6.45, 7) is 4.06. The van der Waals surface area contributed by atoms with Crippen LogP contribution < -0.4 is 4.90 Å². The van der Waals surface area contributed by atoms with Gasteiger partial charge in [-0.3, -0.25) is 0 Å². The molecular weight excluding hydrogens is 353 g/mol. The number of hydrogen-bond donors (Lipinski definition) is 1. The van der Waals surface area contributed by atoms with Gasteiger partial charge < -0.3 is 14.7 Å². The molecule has 1 fully saturated rings. The van der Waals surface area contributed by atoms with Crippen molar-refractivity contribution in [2.24, 2.45) is 0 Å². The van der Waals surface area contributed by atoms with Crippen molar-refractivity contribution in [1.82, 2.24) is 9.97 Å². The Balaban J connectivity index is 0.00000144. The van der Waals surface area contributed by atoms with Crippen molar-refractivity contribution in [3.8, 4) is 0 Å². The van der Waals surface area contributed by atoms with Gasteiger partial charge in [-0.2, -0.15) is 13.5 Å². The van der Waals surface area contributed by atoms with Crippen molar-refractivity contribution in [2.45, 2.75) is 13.0 Å². The normalized spacial score (nSPS) is 19.9. The first-order valence-electron chi connectivity index (χ1n) is 5.17. The Kier molecular flexibility index (Phi) is 5.90. The monoisotopic (exact) mass is 369 g/mol. The number of ether oxygens (including phenoxy) is 1. The molecule has 7 heteroatoms. The maximum Gasteiger partial charge on any atom is 0.133 e. The molecule has 2 heterocycles. The van der Waals surface area contributed by atoms with E-state index in [9.17, 15) is 0 Å². The predicted octanol–water partition coefficient (Wildman–Crippen LogP) is 0.700. The molecule has 0 radical (unpaired) electrons. The lowest BCUT2D eigenvalue weighted by Gasteiger charge is -2.32. The Labute approximate surface area is 121 Å². The van der Waals surface area contributed by atoms with Gasteiger partial charge in [-0.25, -0.2) is 9.97 Å². The van der Waals surface area contributed by atoms with Gasteiger partial charge in [0.15, 0.2) is 0 Å². The lowest BCUT2D eigenvalue weighted by molar-refractivity contribution is 0.00334. The van der Waals surface area contributed by atoms with Gasteiger partial charge in [0.1, 0.15) is 15.3 Å². The lowest BCUT2D eigenvalue weighted by atomic mass is 10.3. The molecule has 0 bridgehead atoms. The van der Waals surface area contributed by atoms with Crippen molar-refractivity contribution in [1.29, 1.82) is 0 Å². The fourth-order valence-corrected chi connectivity index (χ4v) is 2.34. The summed E-state index contributed by atoms with van der Waals surface area (Å²) in [5.74, 6) is 1.69. The van der Waals surface area contributed by atoms with Gasteiger partial charge in [-0.05, 0) is 29.5 Å². The van der Waals surface area contributed by atoms with Crippen LogP contribution in [-0.2, 0) is 4.74 Å². The number of aromatic nitrogens is 2. The molecule has 17 heavy (non-hydrogen) atoms. The van der Waals surface area contributed by atoms with Gasteiger partial charge in [0.25, 0.3) is 0 Å². The molecule has 0 amide bonds. The molecule has 0 aliphatic carbocycles. The number of aliphatic hydroxyl groups excluding tert-OH is 1. The van der Waals surface area contributed by atoms with Gasteiger partial charge in [0.2, 0.25) is 0 Å². The number of morpholine rings is 1. The smallest absolute Gasteiger partial charge is 0.133 e. The minimum absolute atomic E-state index is 0. The summed E-state index contributed by atoms with van der Waals surface area (Å²) in [5.41, 5.74) is 0. The first kappa shape index (κ1) is 14.9. The molecule has 0 saturated carbocycles. The van der Waals surface area contributed by atoms with E-state index in [0.29, 0.717) is 13.2 Å². The Bertz CT molecular complexity index is 360. The average molecular weight is 369 g/mol. The van der Waals surface area contributed by atoms with Gasteiger partial charge in [0.05, 0.1) is 19.3 Å². The Hall–Kier alpha value is -0.120. The molecule has 1 aromatic rings. The Morgan fingerprint density at radius 1 is 1.59 bits per heavy atom. The minimum atomic E-state index is -0.110. The lowest BCUT2D eigenvalue weighted by Crippen LogP contribution is -2.44. The van der Waals surface area contributed by atoms with Crippen LogP contribution in [0.15, 0.2) is 6.07 Å². The molecular formula is C10H16IN3O2S. The van der Waals surface area contributed by atoms with Gasteiger partial charge in [-0.15, -0.1) is 0 Å². The van der Waals surface area contributed by atoms with E-state index in [1.807, 2.05) is 13.0 Å². The number of aryl methyl sites for hydroxylation is 1. The zero-order valence-corrected chi connectivity index (χ0v) is 12.7. The first-order valence-corrected chi connectivity index (χ1v) is 6.25. The van der Waals surface area contributed by atoms with E-state index in [1.165, 1.54) is 0 Å². The summed E-state index contributed by atoms with van der Waals surface area (Å²) in [6.07, 6.45) is -0.110. The molecule has 0 unspecified atom stereocenters. The fraction of sp³-hybridized carbons (Fsp3) is 0.600. The Morgan fingerprint density at radius 3 is 3.00 bits per heavy atom. The zero-order chi connectivity index (χ0) is 11.5. The summed E-state index contributed by atoms with van der Waals surface area (Å²) in [5, 5.41) is 9.08. The standard InChI is InChI=1S/C10H14IN3O2.H2S/c1-7-12-9(11)4-10(13-7)14-2-3-16-8(5-14)6-15;/h4,8,15H,2-3,5-6H2,1H3;1H2/t8-;/m0./s1. The molecule has 1 atom stereocenters. The highest BCUT2D eigenvalue weighted by atomic mass is 127. The second-order valence-electron chi connectivity index (χ2n) is 3.72. The number of aliphatic hydroxyl groups is 1. The maximum atomic E-state index is 9.08. The molecule has 2 rings (SSSR count). The summed E-state index contributed by atoms with van der Waals surface area (Å²) in [7, 11) is 0. The second-order valence-corrected chi connectivity index (χ2v) is 4.82. The van der Waals surface area contributed by atoms with Crippen LogP contribution in [0.25, 0.3) is 0 Å². The average Bonchev–Trinajstić information content (AvgIpc) is 2.28. The summed E-state index contributed by atoms with van der Waals surface area (Å²) < 4.78 is 6.34. The van der Waals surface area contributed by atoms with E-state index < -0.39 is 0 Å². The van der Waals surface area contributed by atoms with Crippen LogP contribution in [-0.4, -0.2) is 47.5 Å². The number of anilines is 1. The number of halogens is 1. The molecule has 1 aliphatic heterocycles. The van der Waals surface area contributed by atoms with Crippen LogP contribution in [0, 0.1) is 10.6 Å². The fourth-order valence-electron chi connectivity index (χ4n) is 1.72. The summed E-state index contributed by atoms with van der Waals surface area (Å²) >= 11 is 2.18. The SMILES string of the molecule is Cc1nc(I)cc(N2CCO[C@H](CO)C2)n1.S. The van der Waals surface area contributed by atoms with Crippen LogP contribution in [0.3, 0.4) is 0 Å². The van der Waals surface area contributed by atoms with E-state index in [1.54, 1.807) is 0 Å². The largest absolute Gasteiger partial charge is 0.394 e. The van der Waals surface area contributed by atoms with Crippen LogP contribution in [0.1, 0.15) is 5.82 Å². The van der Waals surface area contributed by atoms with Gasteiger partial charge >= 0.3 is 0 Å². The van der Waals surface area contributed by atoms with E-state index in [2.05, 4.69) is 37.5 Å². The van der Waals surface area contributed by atoms with E-state index in [0.717, 1.165) is 21.9 Å². The second kappa shape index (κ2) is 6.72. The predicted molar refractivity (Wildman–Crippen MR) is 78.9 cm³/mol. The molecule has 0 aromatic carbocycles. The van der Waals surface area contributed by atoms with Crippen LogP contribution in [0.4, 0.5) is 5.82 Å². The number of hydrogen-bond acceptors (Lipinski definition) is 5. The molecule has 5 nitrogen and oxygen atoms in total. The van der Waals surface area contributed by atoms with E-state index in [4.69, 9.17) is 9.84 Å². The third-order valence-corrected chi connectivity index (χ3v) is 3.01. The summed E-state index contributed by atoms with van der Waals surface area (Å²) in [4.78, 5) is 10.8. The first-order chi connectivity index (χ1) is 7.69. The molecule has 0 spiro atoms. The van der Waals surface area contributed by atoms with Crippen molar-refractivity contribution in [3.05, 3.63) is 15.6 Å². The third kappa shape index (κ3) is 3.94. The van der Waals surface area contributed by atoms with E-state index >= 15 is 0 Å². The number of nitrogens with zero attached hydrogens (tertiary/aromatic N) is 3. The highest BCUT2D eigenvalue weighted by molar-refractivity contribution is 14.1. The van der Waals surface area contributed by atoms with Crippen molar-refractivity contribution >= 4 is 41.9 Å². The summed E-state index contributed by atoms with van der Waals surface area (Å²) in [6, 6.07) is 1.95. The topological polar surface area (TPSA) is 58.5 Å². The molecule has 1 aliphatic rings. The highest BCUT2D eigenvalue weighted by Gasteiger charge is 2.21. The molecule has 96 valence electrons. The van der Waals surface area contributed by atoms with Crippen molar-refractivity contribution < 1.29 is 9.84 Å². The molecule has 1 aromatic heterocycles. The van der Waals surface area contributed by atoms with Crippen LogP contribution in [0.2, 0.25) is 0 Å². The van der Waals surface area contributed by atoms with Gasteiger partial charge in [0, 0.05) is 19.2 Å². The quantitative estimate of drug-likeness (QED) is 0.615. The Morgan fingerprint density at radius 2 is 2.35 bits per heavy atom. The molecule has 1 saturated heterocycles. The van der Waals surface area contributed by atoms with Crippen molar-refractivity contribution in [3.63, 3.8) is 0 Å². The van der Waals surface area contributed by atoms with Crippen LogP contribution in [0.5, 0.6) is 0 Å². The number of rotatable bonds is 2. The molecule has 1 N–H and O–H groups in total. The minimum Gasteiger partial charge on any atom is -0.394 e. The highest BCUT2D eigenvalue weighted by Crippen LogP contribution is 2.17. The van der Waals surface area contributed by atoms with Gasteiger partial charge in [-0.1, -0.05) is 0 Å². The van der Waals surface area contributed by atoms with Crippen LogP contribution >= 0.6 is 36.1 Å². The zero-order valence-electron chi connectivity index (χ0n) is 9.56.